The highest BCUT2D eigenvalue weighted by molar-refractivity contribution is 5.97. The summed E-state index contributed by atoms with van der Waals surface area (Å²) in [5.74, 6) is 2.57. The number of amides is 1. The van der Waals surface area contributed by atoms with Crippen LogP contribution in [-0.2, 0) is 11.2 Å². The standard InChI is InChI=1S/C16H17N3O3/c20-15-10-21-13-7-2-1-6-12(13)19(15)9-8-14-17-16(18-22-14)11-4-3-5-11/h1-2,6-7,11H,3-5,8-10H2. The lowest BCUT2D eigenvalue weighted by molar-refractivity contribution is -0.121. The second kappa shape index (κ2) is 5.44. The number of carbonyl (C=O) groups is 1. The first-order valence-corrected chi connectivity index (χ1v) is 7.66. The largest absolute Gasteiger partial charge is 0.482 e. The number of para-hydroxylation sites is 2. The van der Waals surface area contributed by atoms with Crippen LogP contribution in [0.15, 0.2) is 28.8 Å². The molecular weight excluding hydrogens is 282 g/mol. The van der Waals surface area contributed by atoms with Gasteiger partial charge in [-0.1, -0.05) is 23.7 Å². The number of anilines is 1. The van der Waals surface area contributed by atoms with Crippen LogP contribution in [0.2, 0.25) is 0 Å². The van der Waals surface area contributed by atoms with E-state index in [-0.39, 0.29) is 12.5 Å². The van der Waals surface area contributed by atoms with Crippen molar-refractivity contribution in [1.29, 1.82) is 0 Å². The minimum Gasteiger partial charge on any atom is -0.482 e. The van der Waals surface area contributed by atoms with Gasteiger partial charge in [-0.15, -0.1) is 0 Å². The topological polar surface area (TPSA) is 68.5 Å². The van der Waals surface area contributed by atoms with E-state index in [1.54, 1.807) is 4.90 Å². The monoisotopic (exact) mass is 299 g/mol. The SMILES string of the molecule is O=C1COc2ccccc2N1CCc1nc(C2CCC2)no1. The van der Waals surface area contributed by atoms with E-state index in [4.69, 9.17) is 9.26 Å². The fourth-order valence-electron chi connectivity index (χ4n) is 2.81. The van der Waals surface area contributed by atoms with Crippen molar-refractivity contribution in [2.75, 3.05) is 18.1 Å². The molecule has 2 aromatic rings. The zero-order valence-electron chi connectivity index (χ0n) is 12.2. The van der Waals surface area contributed by atoms with Gasteiger partial charge in [0.25, 0.3) is 5.91 Å². The van der Waals surface area contributed by atoms with Crippen LogP contribution >= 0.6 is 0 Å². The van der Waals surface area contributed by atoms with Crippen molar-refractivity contribution in [2.45, 2.75) is 31.6 Å². The molecule has 0 spiro atoms. The highest BCUT2D eigenvalue weighted by Gasteiger charge is 2.27. The Balaban J connectivity index is 1.46. The van der Waals surface area contributed by atoms with E-state index < -0.39 is 0 Å². The van der Waals surface area contributed by atoms with Crippen molar-refractivity contribution in [3.8, 4) is 5.75 Å². The van der Waals surface area contributed by atoms with Gasteiger partial charge in [0.1, 0.15) is 5.75 Å². The second-order valence-corrected chi connectivity index (χ2v) is 5.73. The summed E-state index contributed by atoms with van der Waals surface area (Å²) >= 11 is 0. The molecule has 2 aliphatic rings. The number of carbonyl (C=O) groups excluding carboxylic acids is 1. The molecule has 1 fully saturated rings. The molecule has 0 saturated heterocycles. The van der Waals surface area contributed by atoms with Gasteiger partial charge in [0, 0.05) is 18.9 Å². The van der Waals surface area contributed by atoms with E-state index in [0.717, 1.165) is 30.1 Å². The van der Waals surface area contributed by atoms with Gasteiger partial charge < -0.3 is 14.2 Å². The minimum absolute atomic E-state index is 0.0440. The van der Waals surface area contributed by atoms with Crippen molar-refractivity contribution < 1.29 is 14.1 Å². The number of hydrogen-bond donors (Lipinski definition) is 0. The lowest BCUT2D eigenvalue weighted by atomic mass is 9.85. The van der Waals surface area contributed by atoms with Crippen LogP contribution in [0.25, 0.3) is 0 Å². The maximum Gasteiger partial charge on any atom is 0.265 e. The normalized spacial score (nSPS) is 17.8. The van der Waals surface area contributed by atoms with Crippen LogP contribution in [0, 0.1) is 0 Å². The molecule has 22 heavy (non-hydrogen) atoms. The predicted molar refractivity (Wildman–Crippen MR) is 78.9 cm³/mol. The van der Waals surface area contributed by atoms with E-state index in [2.05, 4.69) is 10.1 Å². The van der Waals surface area contributed by atoms with Gasteiger partial charge in [-0.25, -0.2) is 0 Å². The van der Waals surface area contributed by atoms with Crippen molar-refractivity contribution in [1.82, 2.24) is 10.1 Å². The van der Waals surface area contributed by atoms with E-state index in [1.807, 2.05) is 24.3 Å². The van der Waals surface area contributed by atoms with Crippen molar-refractivity contribution >= 4 is 11.6 Å². The first-order valence-electron chi connectivity index (χ1n) is 7.66. The highest BCUT2D eigenvalue weighted by atomic mass is 16.5. The predicted octanol–water partition coefficient (Wildman–Crippen LogP) is 2.31. The van der Waals surface area contributed by atoms with Crippen molar-refractivity contribution in [3.05, 3.63) is 36.0 Å². The molecule has 1 aliphatic heterocycles. The molecule has 1 aromatic carbocycles. The van der Waals surface area contributed by atoms with Crippen molar-refractivity contribution in [2.24, 2.45) is 0 Å². The third-order valence-corrected chi connectivity index (χ3v) is 4.31. The summed E-state index contributed by atoms with van der Waals surface area (Å²) in [4.78, 5) is 18.3. The van der Waals surface area contributed by atoms with Crippen LogP contribution < -0.4 is 9.64 Å². The lowest BCUT2D eigenvalue weighted by Crippen LogP contribution is -2.40. The fraction of sp³-hybridized carbons (Fsp3) is 0.438. The van der Waals surface area contributed by atoms with E-state index in [1.165, 1.54) is 6.42 Å². The first kappa shape index (κ1) is 13.3. The molecule has 1 aromatic heterocycles. The summed E-state index contributed by atoms with van der Waals surface area (Å²) in [6.07, 6.45) is 4.09. The second-order valence-electron chi connectivity index (χ2n) is 5.73. The Morgan fingerprint density at radius 3 is 2.95 bits per heavy atom. The number of rotatable bonds is 4. The minimum atomic E-state index is -0.0440. The van der Waals surface area contributed by atoms with Gasteiger partial charge >= 0.3 is 0 Å². The first-order chi connectivity index (χ1) is 10.8. The molecule has 0 radical (unpaired) electrons. The molecule has 114 valence electrons. The van der Waals surface area contributed by atoms with Crippen LogP contribution in [-0.4, -0.2) is 29.2 Å². The van der Waals surface area contributed by atoms with Crippen molar-refractivity contribution in [3.63, 3.8) is 0 Å². The Labute approximate surface area is 128 Å². The lowest BCUT2D eigenvalue weighted by Gasteiger charge is -2.28. The summed E-state index contributed by atoms with van der Waals surface area (Å²) in [5.41, 5.74) is 0.803. The molecule has 6 heteroatoms. The number of hydrogen-bond acceptors (Lipinski definition) is 5. The van der Waals surface area contributed by atoms with Gasteiger partial charge in [-0.2, -0.15) is 4.98 Å². The van der Waals surface area contributed by atoms with Crippen LogP contribution in [0.3, 0.4) is 0 Å². The maximum absolute atomic E-state index is 12.1. The van der Waals surface area contributed by atoms with Gasteiger partial charge in [-0.3, -0.25) is 4.79 Å². The Bertz CT molecular complexity index is 693. The molecule has 4 rings (SSSR count). The molecule has 2 heterocycles. The molecule has 1 amide bonds. The zero-order valence-corrected chi connectivity index (χ0v) is 12.2. The number of nitrogens with zero attached hydrogens (tertiary/aromatic N) is 3. The van der Waals surface area contributed by atoms with Gasteiger partial charge in [0.2, 0.25) is 5.89 Å². The Kier molecular flexibility index (Phi) is 3.29. The fourth-order valence-corrected chi connectivity index (χ4v) is 2.81. The van der Waals surface area contributed by atoms with Crippen LogP contribution in [0.1, 0.15) is 36.9 Å². The summed E-state index contributed by atoms with van der Waals surface area (Å²) in [6.45, 7) is 0.597. The molecule has 0 N–H and O–H groups in total. The quantitative estimate of drug-likeness (QED) is 0.866. The molecule has 0 bridgehead atoms. The number of fused-ring (bicyclic) bond motifs is 1. The third kappa shape index (κ3) is 2.34. The molecule has 6 nitrogen and oxygen atoms in total. The van der Waals surface area contributed by atoms with Gasteiger partial charge in [0.15, 0.2) is 12.4 Å². The van der Waals surface area contributed by atoms with Gasteiger partial charge in [-0.05, 0) is 25.0 Å². The highest BCUT2D eigenvalue weighted by Crippen LogP contribution is 2.34. The number of aromatic nitrogens is 2. The smallest absolute Gasteiger partial charge is 0.265 e. The average Bonchev–Trinajstić information content (AvgIpc) is 2.93. The van der Waals surface area contributed by atoms with E-state index >= 15 is 0 Å². The molecule has 0 atom stereocenters. The Morgan fingerprint density at radius 1 is 1.27 bits per heavy atom. The molecule has 1 aliphatic carbocycles. The third-order valence-electron chi connectivity index (χ3n) is 4.31. The summed E-state index contributed by atoms with van der Waals surface area (Å²) < 4.78 is 10.7. The summed E-state index contributed by atoms with van der Waals surface area (Å²) in [5, 5.41) is 4.05. The molecular formula is C16H17N3O3. The van der Waals surface area contributed by atoms with Crippen LogP contribution in [0.4, 0.5) is 5.69 Å². The average molecular weight is 299 g/mol. The zero-order chi connectivity index (χ0) is 14.9. The molecule has 1 saturated carbocycles. The Morgan fingerprint density at radius 2 is 2.14 bits per heavy atom. The molecule has 0 unspecified atom stereocenters. The van der Waals surface area contributed by atoms with E-state index in [9.17, 15) is 4.79 Å². The summed E-state index contributed by atoms with van der Waals surface area (Å²) in [6, 6.07) is 7.56. The van der Waals surface area contributed by atoms with Crippen LogP contribution in [0.5, 0.6) is 5.75 Å². The van der Waals surface area contributed by atoms with E-state index in [0.29, 0.717) is 24.8 Å². The number of ether oxygens (including phenoxy) is 1. The van der Waals surface area contributed by atoms with Gasteiger partial charge in [0.05, 0.1) is 5.69 Å². The maximum atomic E-state index is 12.1. The number of benzene rings is 1. The Hall–Kier alpha value is -2.37. The summed E-state index contributed by atoms with van der Waals surface area (Å²) in [7, 11) is 0.